The third-order valence-corrected chi connectivity index (χ3v) is 13.2. The molecule has 312 valence electrons. The topological polar surface area (TPSA) is 30.3 Å². The lowest BCUT2D eigenvalue weighted by atomic mass is 9.90. The van der Waals surface area contributed by atoms with E-state index in [9.17, 15) is 5.26 Å². The van der Waals surface area contributed by atoms with Gasteiger partial charge in [0.15, 0.2) is 0 Å². The Hall–Kier alpha value is -7.41. The van der Waals surface area contributed by atoms with E-state index in [0.29, 0.717) is 5.56 Å². The normalized spacial score (nSPS) is 13.5. The molecule has 3 nitrogen and oxygen atoms in total. The van der Waals surface area contributed by atoms with Crippen molar-refractivity contribution in [3.63, 3.8) is 0 Å². The van der Waals surface area contributed by atoms with Crippen LogP contribution in [0, 0.1) is 25.2 Å². The molecule has 2 aliphatic rings. The molecule has 8 aromatic rings. The Morgan fingerprint density at radius 3 is 1.38 bits per heavy atom. The Kier molecular flexibility index (Phi) is 11.5. The number of nitrogens with zero attached hydrogens (tertiary/aromatic N) is 3. The molecule has 8 aromatic carbocycles. The van der Waals surface area contributed by atoms with Crippen molar-refractivity contribution >= 4 is 69.2 Å². The summed E-state index contributed by atoms with van der Waals surface area (Å²) in [4.78, 5) is 4.83. The molecule has 0 spiro atoms. The zero-order valence-corrected chi connectivity index (χ0v) is 36.9. The Morgan fingerprint density at radius 1 is 0.438 bits per heavy atom. The van der Waals surface area contributed by atoms with Gasteiger partial charge in [0.05, 0.1) is 5.56 Å². The molecule has 0 saturated carbocycles. The van der Waals surface area contributed by atoms with Crippen molar-refractivity contribution in [1.29, 1.82) is 5.26 Å². The molecule has 0 radical (unpaired) electrons. The van der Waals surface area contributed by atoms with Gasteiger partial charge >= 0.3 is 0 Å². The molecule has 0 aromatic heterocycles. The maximum Gasteiger partial charge on any atom is 0.100 e. The smallest absolute Gasteiger partial charge is 0.100 e. The van der Waals surface area contributed by atoms with Crippen molar-refractivity contribution in [2.75, 3.05) is 9.80 Å². The van der Waals surface area contributed by atoms with Crippen LogP contribution in [0.2, 0.25) is 0 Å². The zero-order valence-electron chi connectivity index (χ0n) is 36.9. The van der Waals surface area contributed by atoms with Gasteiger partial charge in [-0.05, 0) is 182 Å². The Bertz CT molecular complexity index is 3060. The van der Waals surface area contributed by atoms with Gasteiger partial charge in [0, 0.05) is 39.5 Å². The molecule has 0 atom stereocenters. The summed E-state index contributed by atoms with van der Waals surface area (Å²) in [5.41, 5.74) is 20.5. The van der Waals surface area contributed by atoms with Crippen LogP contribution < -0.4 is 9.80 Å². The van der Waals surface area contributed by atoms with E-state index >= 15 is 0 Å². The Morgan fingerprint density at radius 2 is 0.875 bits per heavy atom. The lowest BCUT2D eigenvalue weighted by Gasteiger charge is -2.30. The third-order valence-electron chi connectivity index (χ3n) is 13.2. The molecule has 0 aliphatic heterocycles. The monoisotopic (exact) mass is 827 g/mol. The minimum Gasteiger partial charge on any atom is -0.310 e. The Balaban J connectivity index is 0.874. The summed E-state index contributed by atoms with van der Waals surface area (Å²) in [6, 6.07) is 62.1. The summed E-state index contributed by atoms with van der Waals surface area (Å²) in [5, 5.41) is 12.4. The molecule has 64 heavy (non-hydrogen) atoms. The highest BCUT2D eigenvalue weighted by atomic mass is 15.1. The van der Waals surface area contributed by atoms with Crippen LogP contribution in [0.25, 0.3) is 35.1 Å². The molecule has 0 amide bonds. The predicted octanol–water partition coefficient (Wildman–Crippen LogP) is 16.4. The lowest BCUT2D eigenvalue weighted by molar-refractivity contribution is 0.686. The van der Waals surface area contributed by atoms with Crippen molar-refractivity contribution in [3.05, 3.63) is 225 Å². The second kappa shape index (κ2) is 18.1. The first-order chi connectivity index (χ1) is 31.5. The van der Waals surface area contributed by atoms with Gasteiger partial charge in [-0.15, -0.1) is 0 Å². The van der Waals surface area contributed by atoms with Gasteiger partial charge in [0.1, 0.15) is 6.07 Å². The summed E-state index contributed by atoms with van der Waals surface area (Å²) in [6.07, 6.45) is 18.0. The highest BCUT2D eigenvalue weighted by Crippen LogP contribution is 2.42. The number of benzene rings is 8. The number of aryl methyl sites for hydroxylation is 4. The standard InChI is InChI=1S/C61H53N3/c1-43-17-32-52(33-18-43)63(60-15-7-11-48-9-3-5-13-57(48)60)54-36-24-45(25-37-54)21-22-47-28-40-56-51(41-47)31-30-50(59(56)42-62)29-23-46-26-38-55(39-27-46)64(53-34-19-44(2)20-35-53)61-16-8-12-49-10-4-6-14-58(49)61/h7-8,11-12,15-41H,3-6,9-10,13-14H2,1-2H3/b22-21+,29-23+. The van der Waals surface area contributed by atoms with Crippen LogP contribution in [0.1, 0.15) is 86.9 Å². The van der Waals surface area contributed by atoms with Crippen LogP contribution in [0.5, 0.6) is 0 Å². The molecule has 0 N–H and O–H groups in total. The van der Waals surface area contributed by atoms with Gasteiger partial charge in [-0.25, -0.2) is 0 Å². The number of fused-ring (bicyclic) bond motifs is 3. The second-order valence-electron chi connectivity index (χ2n) is 17.6. The van der Waals surface area contributed by atoms with Crippen LogP contribution in [0.15, 0.2) is 164 Å². The molecule has 0 heterocycles. The molecule has 2 aliphatic carbocycles. The molecule has 10 rings (SSSR count). The van der Waals surface area contributed by atoms with Gasteiger partial charge in [-0.1, -0.05) is 132 Å². The van der Waals surface area contributed by atoms with Crippen molar-refractivity contribution in [3.8, 4) is 6.07 Å². The maximum absolute atomic E-state index is 10.4. The summed E-state index contributed by atoms with van der Waals surface area (Å²) in [7, 11) is 0. The first-order valence-corrected chi connectivity index (χ1v) is 23.0. The fraction of sp³-hybridized carbons (Fsp3) is 0.164. The molecular weight excluding hydrogens is 775 g/mol. The van der Waals surface area contributed by atoms with Crippen LogP contribution in [0.3, 0.4) is 0 Å². The van der Waals surface area contributed by atoms with Crippen molar-refractivity contribution < 1.29 is 0 Å². The molecule has 0 bridgehead atoms. The summed E-state index contributed by atoms with van der Waals surface area (Å²) < 4.78 is 0. The van der Waals surface area contributed by atoms with Gasteiger partial charge in [-0.2, -0.15) is 5.26 Å². The molecule has 0 fully saturated rings. The average molecular weight is 828 g/mol. The fourth-order valence-electron chi connectivity index (χ4n) is 9.76. The first-order valence-electron chi connectivity index (χ1n) is 23.0. The quantitative estimate of drug-likeness (QED) is 0.129. The predicted molar refractivity (Wildman–Crippen MR) is 272 cm³/mol. The minimum absolute atomic E-state index is 0.689. The van der Waals surface area contributed by atoms with Crippen LogP contribution >= 0.6 is 0 Å². The minimum atomic E-state index is 0.689. The van der Waals surface area contributed by atoms with Crippen molar-refractivity contribution in [2.45, 2.75) is 65.2 Å². The third kappa shape index (κ3) is 8.40. The molecule has 0 unspecified atom stereocenters. The summed E-state index contributed by atoms with van der Waals surface area (Å²) in [6.45, 7) is 4.28. The van der Waals surface area contributed by atoms with Crippen molar-refractivity contribution in [2.24, 2.45) is 0 Å². The van der Waals surface area contributed by atoms with Gasteiger partial charge < -0.3 is 9.80 Å². The molecular formula is C61H53N3. The molecule has 0 saturated heterocycles. The second-order valence-corrected chi connectivity index (χ2v) is 17.6. The number of hydrogen-bond acceptors (Lipinski definition) is 3. The highest BCUT2D eigenvalue weighted by molar-refractivity contribution is 5.94. The van der Waals surface area contributed by atoms with Crippen LogP contribution in [0.4, 0.5) is 34.1 Å². The number of hydrogen-bond donors (Lipinski definition) is 0. The fourth-order valence-corrected chi connectivity index (χ4v) is 9.76. The van der Waals surface area contributed by atoms with E-state index in [2.05, 4.69) is 218 Å². The first kappa shape index (κ1) is 40.6. The van der Waals surface area contributed by atoms with E-state index in [-0.39, 0.29) is 0 Å². The highest BCUT2D eigenvalue weighted by Gasteiger charge is 2.22. The lowest BCUT2D eigenvalue weighted by Crippen LogP contribution is -2.15. The largest absolute Gasteiger partial charge is 0.310 e. The van der Waals surface area contributed by atoms with Crippen LogP contribution in [-0.2, 0) is 25.7 Å². The van der Waals surface area contributed by atoms with Crippen LogP contribution in [-0.4, -0.2) is 0 Å². The SMILES string of the molecule is Cc1ccc(N(c2ccc(/C=C/c3ccc4c(C#N)c(/C=C/c5ccc(N(c6ccc(C)cc6)c6cccc7c6CCCC7)cc5)ccc4c3)cc2)c2cccc3c2CCCC3)cc1. The number of nitriles is 1. The zero-order chi connectivity index (χ0) is 43.4. The average Bonchev–Trinajstić information content (AvgIpc) is 3.34. The summed E-state index contributed by atoms with van der Waals surface area (Å²) in [5.74, 6) is 0. The van der Waals surface area contributed by atoms with Gasteiger partial charge in [-0.3, -0.25) is 0 Å². The van der Waals surface area contributed by atoms with Crippen molar-refractivity contribution in [1.82, 2.24) is 0 Å². The van der Waals surface area contributed by atoms with Gasteiger partial charge in [0.25, 0.3) is 0 Å². The van der Waals surface area contributed by atoms with E-state index in [0.717, 1.165) is 75.8 Å². The number of rotatable bonds is 10. The van der Waals surface area contributed by atoms with E-state index in [1.807, 2.05) is 0 Å². The van der Waals surface area contributed by atoms with E-state index in [1.54, 1.807) is 0 Å². The van der Waals surface area contributed by atoms with E-state index in [1.165, 1.54) is 76.1 Å². The van der Waals surface area contributed by atoms with Gasteiger partial charge in [0.2, 0.25) is 0 Å². The summed E-state index contributed by atoms with van der Waals surface area (Å²) >= 11 is 0. The molecule has 3 heteroatoms. The van der Waals surface area contributed by atoms with E-state index < -0.39 is 0 Å². The number of anilines is 6. The van der Waals surface area contributed by atoms with E-state index in [4.69, 9.17) is 0 Å². The maximum atomic E-state index is 10.4. The Labute approximate surface area is 378 Å².